The molecule has 0 aliphatic carbocycles. The molecule has 6 heteroatoms. The largest absolute Gasteiger partial charge is 0.497 e. The molecule has 2 aromatic rings. The highest BCUT2D eigenvalue weighted by Gasteiger charge is 2.04. The highest BCUT2D eigenvalue weighted by atomic mass is 16.5. The number of hydrogen-bond acceptors (Lipinski definition) is 4. The van der Waals surface area contributed by atoms with Crippen molar-refractivity contribution in [1.29, 1.82) is 0 Å². The van der Waals surface area contributed by atoms with E-state index < -0.39 is 11.8 Å². The molecule has 0 unspecified atom stereocenters. The van der Waals surface area contributed by atoms with Gasteiger partial charge in [0.15, 0.2) is 6.61 Å². The van der Waals surface area contributed by atoms with Crippen molar-refractivity contribution in [2.24, 2.45) is 0 Å². The maximum atomic E-state index is 11.6. The minimum absolute atomic E-state index is 0.213. The van der Waals surface area contributed by atoms with Gasteiger partial charge in [0.1, 0.15) is 11.5 Å². The normalized spacial score (nSPS) is 10.2. The van der Waals surface area contributed by atoms with E-state index in [0.717, 1.165) is 5.56 Å². The molecule has 0 spiro atoms. The molecule has 0 bridgehead atoms. The van der Waals surface area contributed by atoms with Crippen LogP contribution in [0.25, 0.3) is 6.08 Å². The van der Waals surface area contributed by atoms with E-state index in [4.69, 9.17) is 9.47 Å². The highest BCUT2D eigenvalue weighted by Crippen LogP contribution is 2.16. The molecule has 0 atom stereocenters. The van der Waals surface area contributed by atoms with Gasteiger partial charge in [-0.25, -0.2) is 0 Å². The van der Waals surface area contributed by atoms with Gasteiger partial charge in [-0.1, -0.05) is 30.3 Å². The van der Waals surface area contributed by atoms with Crippen molar-refractivity contribution in [3.05, 3.63) is 66.2 Å². The van der Waals surface area contributed by atoms with Gasteiger partial charge < -0.3 is 9.47 Å². The van der Waals surface area contributed by atoms with Crippen LogP contribution in [0.1, 0.15) is 5.56 Å². The van der Waals surface area contributed by atoms with Crippen molar-refractivity contribution in [3.63, 3.8) is 0 Å². The predicted octanol–water partition coefficient (Wildman–Crippen LogP) is 1.93. The summed E-state index contributed by atoms with van der Waals surface area (Å²) in [7, 11) is 1.57. The van der Waals surface area contributed by atoms with Crippen LogP contribution in [0.5, 0.6) is 11.5 Å². The smallest absolute Gasteiger partial charge is 0.276 e. The molecule has 0 aliphatic heterocycles. The van der Waals surface area contributed by atoms with Crippen LogP contribution >= 0.6 is 0 Å². The highest BCUT2D eigenvalue weighted by molar-refractivity contribution is 5.93. The predicted molar refractivity (Wildman–Crippen MR) is 90.3 cm³/mol. The number of carbonyl (C=O) groups excluding carboxylic acids is 2. The lowest BCUT2D eigenvalue weighted by Gasteiger charge is -2.08. The molecule has 2 aromatic carbocycles. The molecule has 0 saturated heterocycles. The summed E-state index contributed by atoms with van der Waals surface area (Å²) in [6.45, 7) is -0.213. The minimum Gasteiger partial charge on any atom is -0.497 e. The SMILES string of the molecule is COc1ccc(OCC(=O)NNC(=O)C=Cc2ccccc2)cc1. The fourth-order valence-electron chi connectivity index (χ4n) is 1.77. The van der Waals surface area contributed by atoms with Crippen LogP contribution in [0.15, 0.2) is 60.7 Å². The van der Waals surface area contributed by atoms with E-state index in [-0.39, 0.29) is 6.61 Å². The fraction of sp³-hybridized carbons (Fsp3) is 0.111. The van der Waals surface area contributed by atoms with Crippen LogP contribution in [-0.2, 0) is 9.59 Å². The van der Waals surface area contributed by atoms with E-state index >= 15 is 0 Å². The Hall–Kier alpha value is -3.28. The molecule has 124 valence electrons. The van der Waals surface area contributed by atoms with Crippen molar-refractivity contribution in [2.45, 2.75) is 0 Å². The fourth-order valence-corrected chi connectivity index (χ4v) is 1.77. The van der Waals surface area contributed by atoms with Crippen LogP contribution in [-0.4, -0.2) is 25.5 Å². The number of hydrazine groups is 1. The summed E-state index contributed by atoms with van der Waals surface area (Å²) in [6, 6.07) is 16.2. The Bertz CT molecular complexity index is 697. The lowest BCUT2D eigenvalue weighted by Crippen LogP contribution is -2.43. The maximum absolute atomic E-state index is 11.6. The van der Waals surface area contributed by atoms with Crippen molar-refractivity contribution in [3.8, 4) is 11.5 Å². The van der Waals surface area contributed by atoms with Crippen LogP contribution < -0.4 is 20.3 Å². The topological polar surface area (TPSA) is 76.7 Å². The van der Waals surface area contributed by atoms with Crippen molar-refractivity contribution < 1.29 is 19.1 Å². The molecule has 2 rings (SSSR count). The number of amides is 2. The van der Waals surface area contributed by atoms with E-state index in [1.165, 1.54) is 6.08 Å². The zero-order chi connectivity index (χ0) is 17.2. The third-order valence-electron chi connectivity index (χ3n) is 2.98. The molecule has 0 aromatic heterocycles. The van der Waals surface area contributed by atoms with Gasteiger partial charge in [0.05, 0.1) is 7.11 Å². The first kappa shape index (κ1) is 17.1. The molecule has 0 radical (unpaired) electrons. The molecular weight excluding hydrogens is 308 g/mol. The average molecular weight is 326 g/mol. The van der Waals surface area contributed by atoms with Gasteiger partial charge in [-0.2, -0.15) is 0 Å². The third kappa shape index (κ3) is 5.84. The Kier molecular flexibility index (Phi) is 6.40. The van der Waals surface area contributed by atoms with Gasteiger partial charge in [-0.05, 0) is 35.9 Å². The molecule has 0 fully saturated rings. The van der Waals surface area contributed by atoms with Crippen LogP contribution in [0, 0.1) is 0 Å². The number of carbonyl (C=O) groups is 2. The average Bonchev–Trinajstić information content (AvgIpc) is 2.64. The third-order valence-corrected chi connectivity index (χ3v) is 2.98. The summed E-state index contributed by atoms with van der Waals surface area (Å²) >= 11 is 0. The molecule has 2 amide bonds. The number of ether oxygens (including phenoxy) is 2. The van der Waals surface area contributed by atoms with Crippen LogP contribution in [0.2, 0.25) is 0 Å². The van der Waals surface area contributed by atoms with E-state index in [1.54, 1.807) is 37.5 Å². The molecule has 0 heterocycles. The second-order valence-electron chi connectivity index (χ2n) is 4.75. The zero-order valence-corrected chi connectivity index (χ0v) is 13.2. The Morgan fingerprint density at radius 2 is 1.62 bits per heavy atom. The van der Waals surface area contributed by atoms with E-state index in [9.17, 15) is 9.59 Å². The zero-order valence-electron chi connectivity index (χ0n) is 13.2. The number of methoxy groups -OCH3 is 1. The second-order valence-corrected chi connectivity index (χ2v) is 4.75. The minimum atomic E-state index is -0.465. The monoisotopic (exact) mass is 326 g/mol. The van der Waals surface area contributed by atoms with Gasteiger partial charge in [-0.15, -0.1) is 0 Å². The number of rotatable bonds is 6. The summed E-state index contributed by atoms with van der Waals surface area (Å²) in [5.41, 5.74) is 5.44. The van der Waals surface area contributed by atoms with Crippen LogP contribution in [0.4, 0.5) is 0 Å². The quantitative estimate of drug-likeness (QED) is 0.628. The summed E-state index contributed by atoms with van der Waals surface area (Å²) < 4.78 is 10.3. The Morgan fingerprint density at radius 3 is 2.29 bits per heavy atom. The van der Waals surface area contributed by atoms with E-state index in [0.29, 0.717) is 11.5 Å². The maximum Gasteiger partial charge on any atom is 0.276 e. The number of hydrogen-bond donors (Lipinski definition) is 2. The van der Waals surface area contributed by atoms with Gasteiger partial charge >= 0.3 is 0 Å². The summed E-state index contributed by atoms with van der Waals surface area (Å²) in [4.78, 5) is 23.2. The molecule has 6 nitrogen and oxygen atoms in total. The first-order valence-electron chi connectivity index (χ1n) is 7.26. The molecule has 24 heavy (non-hydrogen) atoms. The Labute approximate surface area is 140 Å². The van der Waals surface area contributed by atoms with E-state index in [2.05, 4.69) is 10.9 Å². The van der Waals surface area contributed by atoms with Crippen molar-refractivity contribution in [1.82, 2.24) is 10.9 Å². The molecular formula is C18H18N2O4. The van der Waals surface area contributed by atoms with Crippen molar-refractivity contribution in [2.75, 3.05) is 13.7 Å². The standard InChI is InChI=1S/C18H18N2O4/c1-23-15-8-10-16(11-9-15)24-13-18(22)20-19-17(21)12-7-14-5-3-2-4-6-14/h2-12H,13H2,1H3,(H,19,21)(H,20,22). The first-order chi connectivity index (χ1) is 11.7. The summed E-state index contributed by atoms with van der Waals surface area (Å²) in [6.07, 6.45) is 2.98. The Morgan fingerprint density at radius 1 is 0.958 bits per heavy atom. The first-order valence-corrected chi connectivity index (χ1v) is 7.26. The number of nitrogens with one attached hydrogen (secondary N) is 2. The van der Waals surface area contributed by atoms with Gasteiger partial charge in [0.25, 0.3) is 11.8 Å². The van der Waals surface area contributed by atoms with Crippen molar-refractivity contribution >= 4 is 17.9 Å². The van der Waals surface area contributed by atoms with Crippen LogP contribution in [0.3, 0.4) is 0 Å². The lowest BCUT2D eigenvalue weighted by atomic mass is 10.2. The van der Waals surface area contributed by atoms with Gasteiger partial charge in [0.2, 0.25) is 0 Å². The van der Waals surface area contributed by atoms with Gasteiger partial charge in [0, 0.05) is 6.08 Å². The summed E-state index contributed by atoms with van der Waals surface area (Å²) in [5.74, 6) is 0.328. The van der Waals surface area contributed by atoms with Gasteiger partial charge in [-0.3, -0.25) is 20.4 Å². The summed E-state index contributed by atoms with van der Waals surface area (Å²) in [5, 5.41) is 0. The molecule has 0 saturated carbocycles. The molecule has 2 N–H and O–H groups in total. The Balaban J connectivity index is 1.70. The number of benzene rings is 2. The molecule has 0 aliphatic rings. The second kappa shape index (κ2) is 8.99. The lowest BCUT2D eigenvalue weighted by molar-refractivity contribution is -0.128. The van der Waals surface area contributed by atoms with E-state index in [1.807, 2.05) is 30.3 Å².